The first-order valence-corrected chi connectivity index (χ1v) is 10.1. The van der Waals surface area contributed by atoms with Crippen LogP contribution in [0.25, 0.3) is 23.2 Å². The Morgan fingerprint density at radius 3 is 2.32 bits per heavy atom. The number of hydrogen-bond donors (Lipinski definition) is 0. The molecular weight excluding hydrogens is 390 g/mol. The van der Waals surface area contributed by atoms with Gasteiger partial charge in [-0.25, -0.2) is 0 Å². The summed E-state index contributed by atoms with van der Waals surface area (Å²) in [6.07, 6.45) is 5.57. The van der Waals surface area contributed by atoms with Gasteiger partial charge in [0, 0.05) is 5.02 Å². The average Bonchev–Trinajstić information content (AvgIpc) is 3.21. The molecule has 0 aliphatic heterocycles. The molecule has 0 aliphatic rings. The van der Waals surface area contributed by atoms with Crippen LogP contribution in [-0.2, 0) is 0 Å². The Balaban J connectivity index is 1.62. The smallest absolute Gasteiger partial charge is 0.266 e. The number of halogens is 1. The lowest BCUT2D eigenvalue weighted by atomic mass is 10.0. The zero-order valence-corrected chi connectivity index (χ0v) is 17.0. The second kappa shape index (κ2) is 7.70. The van der Waals surface area contributed by atoms with Gasteiger partial charge in [0.15, 0.2) is 5.82 Å². The van der Waals surface area contributed by atoms with Crippen molar-refractivity contribution in [3.05, 3.63) is 91.0 Å². The number of benzene rings is 2. The Kier molecular flexibility index (Phi) is 5.11. The maximum Gasteiger partial charge on any atom is 0.291 e. The fraction of sp³-hybridized carbons (Fsp3) is 0.136. The van der Waals surface area contributed by atoms with Crippen LogP contribution >= 0.6 is 22.9 Å². The molecule has 6 heteroatoms. The van der Waals surface area contributed by atoms with Crippen molar-refractivity contribution in [3.63, 3.8) is 0 Å². The molecule has 4 nitrogen and oxygen atoms in total. The molecule has 0 amide bonds. The van der Waals surface area contributed by atoms with Gasteiger partial charge >= 0.3 is 0 Å². The van der Waals surface area contributed by atoms with Gasteiger partial charge in [0.05, 0.1) is 4.53 Å². The van der Waals surface area contributed by atoms with Crippen LogP contribution in [0.2, 0.25) is 5.02 Å². The number of thiazole rings is 1. The first-order chi connectivity index (χ1) is 13.5. The van der Waals surface area contributed by atoms with Gasteiger partial charge in [-0.15, -0.1) is 5.10 Å². The van der Waals surface area contributed by atoms with Gasteiger partial charge < -0.3 is 0 Å². The summed E-state index contributed by atoms with van der Waals surface area (Å²) in [7, 11) is 0. The van der Waals surface area contributed by atoms with Crippen molar-refractivity contribution in [2.45, 2.75) is 19.8 Å². The van der Waals surface area contributed by atoms with E-state index in [0.717, 1.165) is 11.1 Å². The molecule has 4 aromatic rings. The summed E-state index contributed by atoms with van der Waals surface area (Å²) in [5.74, 6) is 0.990. The van der Waals surface area contributed by atoms with Gasteiger partial charge in [-0.1, -0.05) is 79.3 Å². The van der Waals surface area contributed by atoms with E-state index in [4.69, 9.17) is 11.6 Å². The predicted molar refractivity (Wildman–Crippen MR) is 117 cm³/mol. The van der Waals surface area contributed by atoms with Gasteiger partial charge in [-0.3, -0.25) is 4.79 Å². The molecule has 2 aromatic heterocycles. The summed E-state index contributed by atoms with van der Waals surface area (Å²) < 4.78 is 1.99. The molecule has 0 aliphatic carbocycles. The van der Waals surface area contributed by atoms with Gasteiger partial charge in [-0.2, -0.15) is 9.50 Å². The lowest BCUT2D eigenvalue weighted by Gasteiger charge is -2.04. The molecule has 0 bridgehead atoms. The van der Waals surface area contributed by atoms with E-state index in [1.807, 2.05) is 48.6 Å². The van der Waals surface area contributed by atoms with Crippen LogP contribution in [0.15, 0.2) is 53.3 Å². The molecule has 28 heavy (non-hydrogen) atoms. The molecular formula is C22H18ClN3OS. The van der Waals surface area contributed by atoms with E-state index in [9.17, 15) is 4.79 Å². The molecule has 0 radical (unpaired) electrons. The topological polar surface area (TPSA) is 47.3 Å². The van der Waals surface area contributed by atoms with Crippen LogP contribution in [0.3, 0.4) is 0 Å². The van der Waals surface area contributed by atoms with Crippen molar-refractivity contribution in [3.8, 4) is 0 Å². The third kappa shape index (κ3) is 3.91. The largest absolute Gasteiger partial charge is 0.291 e. The molecule has 0 unspecified atom stereocenters. The number of aromatic nitrogens is 3. The number of nitrogens with zero attached hydrogens (tertiary/aromatic N) is 3. The molecule has 4 rings (SSSR count). The highest BCUT2D eigenvalue weighted by Crippen LogP contribution is 2.15. The van der Waals surface area contributed by atoms with Crippen molar-refractivity contribution in [2.24, 2.45) is 0 Å². The first kappa shape index (κ1) is 18.6. The molecule has 2 heterocycles. The van der Waals surface area contributed by atoms with Crippen molar-refractivity contribution >= 4 is 46.1 Å². The van der Waals surface area contributed by atoms with E-state index < -0.39 is 0 Å². The van der Waals surface area contributed by atoms with Crippen LogP contribution in [0, 0.1) is 0 Å². The monoisotopic (exact) mass is 407 g/mol. The lowest BCUT2D eigenvalue weighted by molar-refractivity contribution is 0.866. The molecule has 0 fully saturated rings. The third-order valence-corrected chi connectivity index (χ3v) is 5.61. The quantitative estimate of drug-likeness (QED) is 0.495. The van der Waals surface area contributed by atoms with Crippen molar-refractivity contribution in [1.29, 1.82) is 0 Å². The van der Waals surface area contributed by atoms with Crippen LogP contribution in [0.4, 0.5) is 0 Å². The van der Waals surface area contributed by atoms with E-state index in [0.29, 0.717) is 26.3 Å². The summed E-state index contributed by atoms with van der Waals surface area (Å²) in [4.78, 5) is 17.7. The summed E-state index contributed by atoms with van der Waals surface area (Å²) in [6.45, 7) is 4.32. The fourth-order valence-electron chi connectivity index (χ4n) is 2.79. The molecule has 0 saturated heterocycles. The Hall–Kier alpha value is -2.76. The normalized spacial score (nSPS) is 12.6. The number of fused-ring (bicyclic) bond motifs is 1. The fourth-order valence-corrected chi connectivity index (χ4v) is 3.83. The second-order valence-electron chi connectivity index (χ2n) is 6.79. The van der Waals surface area contributed by atoms with Gasteiger partial charge in [0.2, 0.25) is 4.96 Å². The zero-order valence-electron chi connectivity index (χ0n) is 15.5. The minimum Gasteiger partial charge on any atom is -0.266 e. The Morgan fingerprint density at radius 1 is 1.00 bits per heavy atom. The third-order valence-electron chi connectivity index (χ3n) is 4.39. The summed E-state index contributed by atoms with van der Waals surface area (Å²) >= 11 is 7.23. The van der Waals surface area contributed by atoms with Crippen molar-refractivity contribution in [2.75, 3.05) is 0 Å². The van der Waals surface area contributed by atoms with E-state index >= 15 is 0 Å². The first-order valence-electron chi connectivity index (χ1n) is 8.94. The van der Waals surface area contributed by atoms with E-state index in [-0.39, 0.29) is 5.56 Å². The summed E-state index contributed by atoms with van der Waals surface area (Å²) in [5.41, 5.74) is 3.11. The number of rotatable bonds is 4. The lowest BCUT2D eigenvalue weighted by Crippen LogP contribution is -2.23. The van der Waals surface area contributed by atoms with Crippen molar-refractivity contribution in [1.82, 2.24) is 14.6 Å². The van der Waals surface area contributed by atoms with Gasteiger partial charge in [0.1, 0.15) is 0 Å². The van der Waals surface area contributed by atoms with E-state index in [2.05, 4.69) is 36.1 Å². The standard InChI is InChI=1S/C22H18ClN3OS/c1-14(2)17-8-3-16(4-9-17)13-19-21(27)26-22(28-19)24-20(25-26)12-7-15-5-10-18(23)11-6-15/h3-14H,1-2H3/b12-7+,19-13+. The summed E-state index contributed by atoms with van der Waals surface area (Å²) in [5, 5.41) is 5.01. The SMILES string of the molecule is CC(C)c1ccc(/C=c2/sc3nc(/C=C/c4ccc(Cl)cc4)nn3c2=O)cc1. The Bertz CT molecular complexity index is 1250. The maximum atomic E-state index is 12.6. The maximum absolute atomic E-state index is 12.6. The molecule has 140 valence electrons. The minimum absolute atomic E-state index is 0.147. The summed E-state index contributed by atoms with van der Waals surface area (Å²) in [6, 6.07) is 15.7. The van der Waals surface area contributed by atoms with Crippen LogP contribution < -0.4 is 10.1 Å². The molecule has 2 aromatic carbocycles. The predicted octanol–water partition coefficient (Wildman–Crippen LogP) is 4.65. The molecule has 0 saturated carbocycles. The molecule has 0 N–H and O–H groups in total. The highest BCUT2D eigenvalue weighted by atomic mass is 35.5. The Labute approximate surface area is 171 Å². The minimum atomic E-state index is -0.147. The van der Waals surface area contributed by atoms with Gasteiger partial charge in [0.25, 0.3) is 5.56 Å². The highest BCUT2D eigenvalue weighted by molar-refractivity contribution is 7.15. The van der Waals surface area contributed by atoms with E-state index in [1.165, 1.54) is 21.4 Å². The van der Waals surface area contributed by atoms with Crippen LogP contribution in [-0.4, -0.2) is 14.6 Å². The number of hydrogen-bond acceptors (Lipinski definition) is 4. The average molecular weight is 408 g/mol. The van der Waals surface area contributed by atoms with E-state index in [1.54, 1.807) is 6.08 Å². The zero-order chi connectivity index (χ0) is 19.7. The van der Waals surface area contributed by atoms with Crippen LogP contribution in [0.1, 0.15) is 42.3 Å². The second-order valence-corrected chi connectivity index (χ2v) is 8.23. The van der Waals surface area contributed by atoms with Gasteiger partial charge in [-0.05, 0) is 46.9 Å². The van der Waals surface area contributed by atoms with Crippen LogP contribution in [0.5, 0.6) is 0 Å². The highest BCUT2D eigenvalue weighted by Gasteiger charge is 2.09. The Morgan fingerprint density at radius 2 is 1.68 bits per heavy atom. The van der Waals surface area contributed by atoms with Crippen molar-refractivity contribution < 1.29 is 0 Å². The molecule has 0 atom stereocenters. The molecule has 0 spiro atoms.